The van der Waals surface area contributed by atoms with Crippen LogP contribution >= 0.6 is 0 Å². The third-order valence-electron chi connectivity index (χ3n) is 3.00. The Hall–Kier alpha value is -2.42. The Morgan fingerprint density at radius 1 is 1.36 bits per heavy atom. The summed E-state index contributed by atoms with van der Waals surface area (Å²) in [5.41, 5.74) is 0.491. The molecule has 118 valence electrons. The highest BCUT2D eigenvalue weighted by Gasteiger charge is 2.19. The molecular formula is C13H16N4O4S. The molecule has 1 aromatic carbocycles. The average Bonchev–Trinajstić information content (AvgIpc) is 2.86. The highest BCUT2D eigenvalue weighted by Crippen LogP contribution is 2.30. The van der Waals surface area contributed by atoms with E-state index in [0.717, 1.165) is 12.3 Å². The van der Waals surface area contributed by atoms with E-state index in [1.807, 2.05) is 13.8 Å². The molecule has 1 heterocycles. The van der Waals surface area contributed by atoms with Crippen molar-refractivity contribution in [1.29, 1.82) is 0 Å². The lowest BCUT2D eigenvalue weighted by Gasteiger charge is -2.07. The number of sulfone groups is 1. The molecule has 1 aromatic heterocycles. The van der Waals surface area contributed by atoms with E-state index in [1.165, 1.54) is 12.1 Å². The van der Waals surface area contributed by atoms with Gasteiger partial charge in [-0.25, -0.2) is 8.42 Å². The molecule has 0 aliphatic rings. The van der Waals surface area contributed by atoms with Crippen molar-refractivity contribution in [2.75, 3.05) is 11.6 Å². The zero-order valence-corrected chi connectivity index (χ0v) is 13.2. The standard InChI is InChI=1S/C13H16N4O4S/c1-9(2)16-8-10(7-14-16)15-12-5-4-11(22(3,20)21)6-13(12)17(18)19/h4-9,15H,1-3H3. The summed E-state index contributed by atoms with van der Waals surface area (Å²) in [5, 5.41) is 18.2. The molecule has 0 aliphatic carbocycles. The minimum absolute atomic E-state index is 0.0948. The Kier molecular flexibility index (Phi) is 4.18. The van der Waals surface area contributed by atoms with Gasteiger partial charge in [0.2, 0.25) is 0 Å². The molecule has 8 nitrogen and oxygen atoms in total. The van der Waals surface area contributed by atoms with Crippen molar-refractivity contribution in [3.05, 3.63) is 40.7 Å². The second-order valence-electron chi connectivity index (χ2n) is 5.14. The normalized spacial score (nSPS) is 11.6. The van der Waals surface area contributed by atoms with Crippen molar-refractivity contribution in [2.24, 2.45) is 0 Å². The Labute approximate surface area is 127 Å². The number of aromatic nitrogens is 2. The summed E-state index contributed by atoms with van der Waals surface area (Å²) >= 11 is 0. The van der Waals surface area contributed by atoms with E-state index >= 15 is 0 Å². The summed E-state index contributed by atoms with van der Waals surface area (Å²) in [6.07, 6.45) is 4.28. The molecule has 2 aromatic rings. The van der Waals surface area contributed by atoms with E-state index < -0.39 is 14.8 Å². The maximum Gasteiger partial charge on any atom is 0.293 e. The summed E-state index contributed by atoms with van der Waals surface area (Å²) < 4.78 is 24.7. The maximum absolute atomic E-state index is 11.5. The van der Waals surface area contributed by atoms with Crippen LogP contribution < -0.4 is 5.32 Å². The van der Waals surface area contributed by atoms with E-state index in [4.69, 9.17) is 0 Å². The van der Waals surface area contributed by atoms with Gasteiger partial charge in [0.05, 0.1) is 21.7 Å². The van der Waals surface area contributed by atoms with E-state index in [0.29, 0.717) is 5.69 Å². The molecular weight excluding hydrogens is 308 g/mol. The largest absolute Gasteiger partial charge is 0.347 e. The van der Waals surface area contributed by atoms with Crippen LogP contribution in [0.25, 0.3) is 0 Å². The predicted molar refractivity (Wildman–Crippen MR) is 82.1 cm³/mol. The van der Waals surface area contributed by atoms with Gasteiger partial charge in [-0.1, -0.05) is 0 Å². The number of nitro benzene ring substituents is 1. The van der Waals surface area contributed by atoms with Gasteiger partial charge >= 0.3 is 0 Å². The summed E-state index contributed by atoms with van der Waals surface area (Å²) in [4.78, 5) is 10.4. The second kappa shape index (κ2) is 5.76. The third kappa shape index (κ3) is 3.42. The van der Waals surface area contributed by atoms with Crippen molar-refractivity contribution in [3.8, 4) is 0 Å². The van der Waals surface area contributed by atoms with Crippen molar-refractivity contribution in [2.45, 2.75) is 24.8 Å². The Morgan fingerprint density at radius 2 is 2.05 bits per heavy atom. The summed E-state index contributed by atoms with van der Waals surface area (Å²) in [5.74, 6) is 0. The number of rotatable bonds is 5. The summed E-state index contributed by atoms with van der Waals surface area (Å²) in [7, 11) is -3.50. The molecule has 22 heavy (non-hydrogen) atoms. The minimum Gasteiger partial charge on any atom is -0.347 e. The van der Waals surface area contributed by atoms with Crippen LogP contribution in [0.4, 0.5) is 17.1 Å². The average molecular weight is 324 g/mol. The minimum atomic E-state index is -3.50. The highest BCUT2D eigenvalue weighted by atomic mass is 32.2. The lowest BCUT2D eigenvalue weighted by atomic mass is 10.2. The third-order valence-corrected chi connectivity index (χ3v) is 4.11. The first kappa shape index (κ1) is 16.0. The van der Waals surface area contributed by atoms with Crippen LogP contribution in [0.1, 0.15) is 19.9 Å². The smallest absolute Gasteiger partial charge is 0.293 e. The lowest BCUT2D eigenvalue weighted by Crippen LogP contribution is -2.02. The molecule has 9 heteroatoms. The van der Waals surface area contributed by atoms with Crippen LogP contribution in [0.15, 0.2) is 35.5 Å². The molecule has 0 saturated heterocycles. The molecule has 0 spiro atoms. The number of nitro groups is 1. The van der Waals surface area contributed by atoms with Crippen LogP contribution in [-0.4, -0.2) is 29.4 Å². The number of hydrogen-bond acceptors (Lipinski definition) is 6. The molecule has 0 saturated carbocycles. The van der Waals surface area contributed by atoms with Gasteiger partial charge in [-0.3, -0.25) is 14.8 Å². The Morgan fingerprint density at radius 3 is 2.55 bits per heavy atom. The van der Waals surface area contributed by atoms with Crippen molar-refractivity contribution < 1.29 is 13.3 Å². The van der Waals surface area contributed by atoms with Crippen LogP contribution in [0.3, 0.4) is 0 Å². The molecule has 1 N–H and O–H groups in total. The van der Waals surface area contributed by atoms with E-state index in [1.54, 1.807) is 17.1 Å². The van der Waals surface area contributed by atoms with E-state index in [9.17, 15) is 18.5 Å². The molecule has 2 rings (SSSR count). The first-order valence-corrected chi connectivity index (χ1v) is 8.37. The molecule has 0 aliphatic heterocycles. The van der Waals surface area contributed by atoms with Gasteiger partial charge in [0.1, 0.15) is 5.69 Å². The zero-order valence-electron chi connectivity index (χ0n) is 12.3. The fraction of sp³-hybridized carbons (Fsp3) is 0.308. The van der Waals surface area contributed by atoms with Gasteiger partial charge in [0, 0.05) is 24.6 Å². The molecule has 0 bridgehead atoms. The fourth-order valence-corrected chi connectivity index (χ4v) is 2.48. The molecule has 0 atom stereocenters. The van der Waals surface area contributed by atoms with Crippen molar-refractivity contribution >= 4 is 26.9 Å². The van der Waals surface area contributed by atoms with Crippen molar-refractivity contribution in [3.63, 3.8) is 0 Å². The molecule has 0 fully saturated rings. The van der Waals surface area contributed by atoms with Crippen LogP contribution in [0.5, 0.6) is 0 Å². The van der Waals surface area contributed by atoms with E-state index in [2.05, 4.69) is 10.4 Å². The number of anilines is 2. The quantitative estimate of drug-likeness (QED) is 0.669. The zero-order chi connectivity index (χ0) is 16.5. The maximum atomic E-state index is 11.5. The van der Waals surface area contributed by atoms with E-state index in [-0.39, 0.29) is 22.3 Å². The lowest BCUT2D eigenvalue weighted by molar-refractivity contribution is -0.384. The first-order chi connectivity index (χ1) is 10.2. The first-order valence-electron chi connectivity index (χ1n) is 6.48. The number of benzene rings is 1. The molecule has 0 radical (unpaired) electrons. The predicted octanol–water partition coefficient (Wildman–Crippen LogP) is 2.52. The highest BCUT2D eigenvalue weighted by molar-refractivity contribution is 7.90. The van der Waals surface area contributed by atoms with Crippen molar-refractivity contribution in [1.82, 2.24) is 9.78 Å². The van der Waals surface area contributed by atoms with Gasteiger partial charge in [-0.2, -0.15) is 5.10 Å². The number of hydrogen-bond donors (Lipinski definition) is 1. The van der Waals surface area contributed by atoms with Crippen LogP contribution in [-0.2, 0) is 9.84 Å². The Balaban J connectivity index is 2.40. The van der Waals surface area contributed by atoms with Gasteiger partial charge in [0.25, 0.3) is 5.69 Å². The SMILES string of the molecule is CC(C)n1cc(Nc2ccc(S(C)(=O)=O)cc2[N+](=O)[O-])cn1. The van der Waals surface area contributed by atoms with Gasteiger partial charge in [-0.05, 0) is 26.0 Å². The molecule has 0 amide bonds. The molecule has 0 unspecified atom stereocenters. The van der Waals surface area contributed by atoms with Gasteiger partial charge < -0.3 is 5.32 Å². The van der Waals surface area contributed by atoms with Crippen LogP contribution in [0.2, 0.25) is 0 Å². The van der Waals surface area contributed by atoms with Gasteiger partial charge in [0.15, 0.2) is 9.84 Å². The summed E-state index contributed by atoms with van der Waals surface area (Å²) in [6.45, 7) is 3.92. The number of nitrogens with one attached hydrogen (secondary N) is 1. The number of nitrogens with zero attached hydrogens (tertiary/aromatic N) is 3. The topological polar surface area (TPSA) is 107 Å². The summed E-state index contributed by atoms with van der Waals surface area (Å²) in [6, 6.07) is 3.92. The van der Waals surface area contributed by atoms with Gasteiger partial charge in [-0.15, -0.1) is 0 Å². The monoisotopic (exact) mass is 324 g/mol. The fourth-order valence-electron chi connectivity index (χ4n) is 1.84. The second-order valence-corrected chi connectivity index (χ2v) is 7.15. The Bertz CT molecular complexity index is 811. The van der Waals surface area contributed by atoms with Crippen LogP contribution in [0, 0.1) is 10.1 Å².